The van der Waals surface area contributed by atoms with E-state index in [2.05, 4.69) is 21.4 Å². The van der Waals surface area contributed by atoms with Crippen LogP contribution < -0.4 is 5.32 Å². The molecule has 0 aliphatic rings. The third kappa shape index (κ3) is 3.98. The first kappa shape index (κ1) is 18.2. The number of amides is 1. The molecule has 0 radical (unpaired) electrons. The van der Waals surface area contributed by atoms with Crippen LogP contribution in [0.15, 0.2) is 54.2 Å². The van der Waals surface area contributed by atoms with Gasteiger partial charge in [-0.25, -0.2) is 4.98 Å². The SMILES string of the molecule is CC/C=C(/C(=O)Nc1ccc(-c2nc3ccc(C#N)cc3[nH]2)cc1)N(C)C. The number of hydrogen-bond acceptors (Lipinski definition) is 4. The van der Waals surface area contributed by atoms with Crippen LogP contribution >= 0.6 is 0 Å². The van der Waals surface area contributed by atoms with Gasteiger partial charge in [-0.05, 0) is 48.9 Å². The zero-order valence-corrected chi connectivity index (χ0v) is 15.6. The van der Waals surface area contributed by atoms with E-state index in [0.717, 1.165) is 34.5 Å². The van der Waals surface area contributed by atoms with Crippen LogP contribution in [0.25, 0.3) is 22.4 Å². The largest absolute Gasteiger partial charge is 0.373 e. The predicted octanol–water partition coefficient (Wildman–Crippen LogP) is 3.90. The maximum absolute atomic E-state index is 12.4. The number of nitrogens with zero attached hydrogens (tertiary/aromatic N) is 3. The summed E-state index contributed by atoms with van der Waals surface area (Å²) in [6, 6.07) is 15.0. The number of H-pyrrole nitrogens is 1. The number of nitriles is 1. The molecule has 1 amide bonds. The number of hydrogen-bond donors (Lipinski definition) is 2. The van der Waals surface area contributed by atoms with Crippen molar-refractivity contribution in [2.75, 3.05) is 19.4 Å². The molecule has 0 fully saturated rings. The Kier molecular flexibility index (Phi) is 5.23. The van der Waals surface area contributed by atoms with Gasteiger partial charge in [0, 0.05) is 25.3 Å². The van der Waals surface area contributed by atoms with Crippen molar-refractivity contribution in [2.45, 2.75) is 13.3 Å². The average molecular weight is 359 g/mol. The van der Waals surface area contributed by atoms with Crippen molar-refractivity contribution in [3.8, 4) is 17.5 Å². The fourth-order valence-corrected chi connectivity index (χ4v) is 2.79. The van der Waals surface area contributed by atoms with Gasteiger partial charge in [0.15, 0.2) is 0 Å². The van der Waals surface area contributed by atoms with Gasteiger partial charge in [0.1, 0.15) is 5.82 Å². The smallest absolute Gasteiger partial charge is 0.271 e. The molecule has 0 unspecified atom stereocenters. The molecule has 3 aromatic rings. The highest BCUT2D eigenvalue weighted by molar-refractivity contribution is 6.03. The van der Waals surface area contributed by atoms with Crippen molar-refractivity contribution in [1.29, 1.82) is 5.26 Å². The monoisotopic (exact) mass is 359 g/mol. The Morgan fingerprint density at radius 1 is 1.26 bits per heavy atom. The zero-order chi connectivity index (χ0) is 19.4. The van der Waals surface area contributed by atoms with Gasteiger partial charge < -0.3 is 15.2 Å². The number of allylic oxidation sites excluding steroid dienone is 1. The van der Waals surface area contributed by atoms with Crippen LogP contribution in [0.2, 0.25) is 0 Å². The Hall–Kier alpha value is -3.59. The van der Waals surface area contributed by atoms with Crippen molar-refractivity contribution in [3.63, 3.8) is 0 Å². The summed E-state index contributed by atoms with van der Waals surface area (Å²) < 4.78 is 0. The third-order valence-corrected chi connectivity index (χ3v) is 4.14. The lowest BCUT2D eigenvalue weighted by molar-refractivity contribution is -0.114. The van der Waals surface area contributed by atoms with E-state index in [1.54, 1.807) is 17.0 Å². The quantitative estimate of drug-likeness (QED) is 0.677. The molecule has 1 heterocycles. The topological polar surface area (TPSA) is 84.8 Å². The van der Waals surface area contributed by atoms with Crippen LogP contribution in [-0.4, -0.2) is 34.9 Å². The van der Waals surface area contributed by atoms with Crippen LogP contribution in [0, 0.1) is 11.3 Å². The first-order valence-electron chi connectivity index (χ1n) is 8.71. The molecule has 2 N–H and O–H groups in total. The summed E-state index contributed by atoms with van der Waals surface area (Å²) in [4.78, 5) is 22.0. The van der Waals surface area contributed by atoms with Crippen LogP contribution in [0.3, 0.4) is 0 Å². The second-order valence-electron chi connectivity index (χ2n) is 6.35. The van der Waals surface area contributed by atoms with Crippen LogP contribution in [-0.2, 0) is 4.79 Å². The second kappa shape index (κ2) is 7.75. The highest BCUT2D eigenvalue weighted by atomic mass is 16.2. The molecule has 0 saturated carbocycles. The number of rotatable bonds is 5. The zero-order valence-electron chi connectivity index (χ0n) is 15.6. The van der Waals surface area contributed by atoms with Crippen molar-refractivity contribution in [3.05, 3.63) is 59.8 Å². The minimum atomic E-state index is -0.137. The summed E-state index contributed by atoms with van der Waals surface area (Å²) in [6.07, 6.45) is 2.69. The maximum Gasteiger partial charge on any atom is 0.271 e. The average Bonchev–Trinajstić information content (AvgIpc) is 3.09. The molecule has 1 aromatic heterocycles. The fraction of sp³-hybridized carbons (Fsp3) is 0.190. The lowest BCUT2D eigenvalue weighted by Crippen LogP contribution is -2.25. The number of aromatic nitrogens is 2. The molecular weight excluding hydrogens is 338 g/mol. The molecule has 0 atom stereocenters. The number of fused-ring (bicyclic) bond motifs is 1. The van der Waals surface area contributed by atoms with E-state index in [1.165, 1.54) is 0 Å². The predicted molar refractivity (Wildman–Crippen MR) is 107 cm³/mol. The Bertz CT molecular complexity index is 1040. The van der Waals surface area contributed by atoms with Gasteiger partial charge in [0.25, 0.3) is 5.91 Å². The Balaban J connectivity index is 1.80. The number of imidazole rings is 1. The van der Waals surface area contributed by atoms with Crippen molar-refractivity contribution in [2.24, 2.45) is 0 Å². The third-order valence-electron chi connectivity index (χ3n) is 4.14. The molecule has 2 aromatic carbocycles. The molecular formula is C21H21N5O. The van der Waals surface area contributed by atoms with Crippen LogP contribution in [0.1, 0.15) is 18.9 Å². The highest BCUT2D eigenvalue weighted by Crippen LogP contribution is 2.23. The first-order valence-corrected chi connectivity index (χ1v) is 8.71. The van der Waals surface area contributed by atoms with Crippen LogP contribution in [0.5, 0.6) is 0 Å². The van der Waals surface area contributed by atoms with Gasteiger partial charge in [-0.1, -0.05) is 13.0 Å². The van der Waals surface area contributed by atoms with E-state index in [4.69, 9.17) is 5.26 Å². The molecule has 136 valence electrons. The molecule has 6 heteroatoms. The minimum Gasteiger partial charge on any atom is -0.373 e. The molecule has 0 saturated heterocycles. The Morgan fingerprint density at radius 3 is 2.63 bits per heavy atom. The van der Waals surface area contributed by atoms with Crippen LogP contribution in [0.4, 0.5) is 5.69 Å². The summed E-state index contributed by atoms with van der Waals surface area (Å²) in [5, 5.41) is 11.9. The first-order chi connectivity index (χ1) is 13.0. The normalized spacial score (nSPS) is 11.3. The molecule has 0 aliphatic heterocycles. The van der Waals surface area contributed by atoms with E-state index in [9.17, 15) is 4.79 Å². The number of anilines is 1. The fourth-order valence-electron chi connectivity index (χ4n) is 2.79. The molecule has 6 nitrogen and oxygen atoms in total. The van der Waals surface area contributed by atoms with Crippen molar-refractivity contribution >= 4 is 22.6 Å². The Labute approximate surface area is 158 Å². The molecule has 0 bridgehead atoms. The van der Waals surface area contributed by atoms with Gasteiger partial charge in [-0.15, -0.1) is 0 Å². The standard InChI is InChI=1S/C21H21N5O/c1-4-5-19(26(2)3)21(27)23-16-9-7-15(8-10-16)20-24-17-11-6-14(13-22)12-18(17)25-20/h5-12H,4H2,1-3H3,(H,23,27)(H,24,25)/b19-5-. The van der Waals surface area contributed by atoms with E-state index >= 15 is 0 Å². The second-order valence-corrected chi connectivity index (χ2v) is 6.35. The number of carbonyl (C=O) groups is 1. The van der Waals surface area contributed by atoms with Gasteiger partial charge in [-0.3, -0.25) is 4.79 Å². The molecule has 3 rings (SSSR count). The minimum absolute atomic E-state index is 0.137. The number of carbonyl (C=O) groups excluding carboxylic acids is 1. The van der Waals surface area contributed by atoms with Crippen molar-refractivity contribution < 1.29 is 4.79 Å². The molecule has 0 spiro atoms. The summed E-state index contributed by atoms with van der Waals surface area (Å²) in [6.45, 7) is 2.00. The lowest BCUT2D eigenvalue weighted by Gasteiger charge is -2.16. The number of likely N-dealkylation sites (N-methyl/N-ethyl adjacent to an activating group) is 1. The van der Waals surface area contributed by atoms with E-state index in [1.807, 2.05) is 57.4 Å². The molecule has 27 heavy (non-hydrogen) atoms. The van der Waals surface area contributed by atoms with E-state index in [-0.39, 0.29) is 5.91 Å². The Morgan fingerprint density at radius 2 is 2.00 bits per heavy atom. The summed E-state index contributed by atoms with van der Waals surface area (Å²) >= 11 is 0. The summed E-state index contributed by atoms with van der Waals surface area (Å²) in [5.41, 5.74) is 4.47. The van der Waals surface area contributed by atoms with Gasteiger partial charge in [0.2, 0.25) is 0 Å². The summed E-state index contributed by atoms with van der Waals surface area (Å²) in [7, 11) is 3.70. The van der Waals surface area contributed by atoms with Gasteiger partial charge in [-0.2, -0.15) is 5.26 Å². The van der Waals surface area contributed by atoms with Gasteiger partial charge in [0.05, 0.1) is 28.4 Å². The van der Waals surface area contributed by atoms with Crippen molar-refractivity contribution in [1.82, 2.24) is 14.9 Å². The number of aromatic amines is 1. The van der Waals surface area contributed by atoms with E-state index in [0.29, 0.717) is 11.3 Å². The highest BCUT2D eigenvalue weighted by Gasteiger charge is 2.12. The molecule has 0 aliphatic carbocycles. The lowest BCUT2D eigenvalue weighted by atomic mass is 10.2. The van der Waals surface area contributed by atoms with Gasteiger partial charge >= 0.3 is 0 Å². The maximum atomic E-state index is 12.4. The number of nitrogens with one attached hydrogen (secondary N) is 2. The van der Waals surface area contributed by atoms with E-state index < -0.39 is 0 Å². The summed E-state index contributed by atoms with van der Waals surface area (Å²) in [5.74, 6) is 0.584. The number of benzene rings is 2.